The summed E-state index contributed by atoms with van der Waals surface area (Å²) in [6.45, 7) is 4.06. The first-order chi connectivity index (χ1) is 14.5. The minimum Gasteiger partial charge on any atom is -0.320 e. The fourth-order valence-electron chi connectivity index (χ4n) is 3.32. The maximum absolute atomic E-state index is 13.1. The van der Waals surface area contributed by atoms with Crippen molar-refractivity contribution in [3.05, 3.63) is 105 Å². The Morgan fingerprint density at radius 2 is 1.87 bits per heavy atom. The van der Waals surface area contributed by atoms with Crippen LogP contribution < -0.4 is 11.2 Å². The monoisotopic (exact) mass is 417 g/mol. The lowest BCUT2D eigenvalue weighted by molar-refractivity contribution is 0.690. The van der Waals surface area contributed by atoms with Crippen molar-refractivity contribution in [3.8, 4) is 11.8 Å². The van der Waals surface area contributed by atoms with Gasteiger partial charge in [-0.05, 0) is 29.8 Å². The highest BCUT2D eigenvalue weighted by atomic mass is 35.5. The second-order valence-corrected chi connectivity index (χ2v) is 7.03. The molecule has 0 fully saturated rings. The first-order valence-electron chi connectivity index (χ1n) is 9.10. The molecule has 8 heteroatoms. The van der Waals surface area contributed by atoms with Crippen molar-refractivity contribution >= 4 is 22.8 Å². The molecule has 0 bridgehead atoms. The van der Waals surface area contributed by atoms with Crippen molar-refractivity contribution in [3.63, 3.8) is 0 Å². The molecule has 0 saturated carbocycles. The number of benzene rings is 2. The summed E-state index contributed by atoms with van der Waals surface area (Å²) in [4.78, 5) is 30.6. The van der Waals surface area contributed by atoms with E-state index in [0.29, 0.717) is 22.8 Å². The van der Waals surface area contributed by atoms with Crippen molar-refractivity contribution in [2.75, 3.05) is 0 Å². The molecule has 0 atom stereocenters. The summed E-state index contributed by atoms with van der Waals surface area (Å²) in [6, 6.07) is 16.0. The molecular weight excluding hydrogens is 402 g/mol. The first-order valence-corrected chi connectivity index (χ1v) is 9.48. The van der Waals surface area contributed by atoms with Gasteiger partial charge in [-0.25, -0.2) is 14.3 Å². The van der Waals surface area contributed by atoms with E-state index in [-0.39, 0.29) is 17.7 Å². The number of imidazole rings is 1. The average Bonchev–Trinajstić information content (AvgIpc) is 3.16. The van der Waals surface area contributed by atoms with E-state index in [1.807, 2.05) is 12.1 Å². The minimum absolute atomic E-state index is 0.0557. The Hall–Kier alpha value is -3.89. The Labute approximate surface area is 176 Å². The van der Waals surface area contributed by atoms with Crippen LogP contribution in [0.15, 0.2) is 77.1 Å². The van der Waals surface area contributed by atoms with Crippen LogP contribution in [0.5, 0.6) is 0 Å². The Morgan fingerprint density at radius 3 is 2.53 bits per heavy atom. The highest BCUT2D eigenvalue weighted by Gasteiger charge is 2.20. The predicted molar refractivity (Wildman–Crippen MR) is 115 cm³/mol. The van der Waals surface area contributed by atoms with Gasteiger partial charge in [-0.3, -0.25) is 9.36 Å². The number of hydrogen-bond donors (Lipinski definition) is 0. The zero-order valence-corrected chi connectivity index (χ0v) is 16.6. The van der Waals surface area contributed by atoms with Crippen LogP contribution in [0.2, 0.25) is 5.02 Å². The average molecular weight is 418 g/mol. The van der Waals surface area contributed by atoms with Crippen LogP contribution in [0.3, 0.4) is 0 Å². The van der Waals surface area contributed by atoms with E-state index < -0.39 is 11.2 Å². The molecule has 0 aliphatic rings. The number of para-hydroxylation sites is 1. The van der Waals surface area contributed by atoms with Crippen LogP contribution >= 0.6 is 11.6 Å². The fourth-order valence-corrected chi connectivity index (χ4v) is 3.54. The zero-order chi connectivity index (χ0) is 21.3. The molecule has 2 aromatic heterocycles. The molecule has 0 saturated heterocycles. The third-order valence-corrected chi connectivity index (χ3v) is 5.06. The third kappa shape index (κ3) is 3.23. The second-order valence-electron chi connectivity index (χ2n) is 6.63. The minimum atomic E-state index is -0.538. The summed E-state index contributed by atoms with van der Waals surface area (Å²) in [6.07, 6.45) is 3.02. The number of fused-ring (bicyclic) bond motifs is 1. The molecule has 30 heavy (non-hydrogen) atoms. The third-order valence-electron chi connectivity index (χ3n) is 4.74. The van der Waals surface area contributed by atoms with E-state index in [1.165, 1.54) is 17.0 Å². The highest BCUT2D eigenvalue weighted by molar-refractivity contribution is 6.32. The van der Waals surface area contributed by atoms with Gasteiger partial charge in [0.15, 0.2) is 11.2 Å². The Morgan fingerprint density at radius 1 is 1.13 bits per heavy atom. The smallest absolute Gasteiger partial charge is 0.320 e. The number of nitrogens with zero attached hydrogens (tertiary/aromatic N) is 5. The number of rotatable bonds is 5. The van der Waals surface area contributed by atoms with Crippen molar-refractivity contribution in [2.45, 2.75) is 13.1 Å². The van der Waals surface area contributed by atoms with Gasteiger partial charge < -0.3 is 4.57 Å². The summed E-state index contributed by atoms with van der Waals surface area (Å²) in [5, 5.41) is 9.34. The van der Waals surface area contributed by atoms with Crippen LogP contribution in [-0.2, 0) is 13.1 Å². The normalized spacial score (nSPS) is 10.8. The van der Waals surface area contributed by atoms with Gasteiger partial charge in [-0.1, -0.05) is 41.9 Å². The molecule has 0 amide bonds. The van der Waals surface area contributed by atoms with Crippen LogP contribution in [0.4, 0.5) is 0 Å². The van der Waals surface area contributed by atoms with E-state index >= 15 is 0 Å². The molecule has 0 unspecified atom stereocenters. The molecule has 148 valence electrons. The van der Waals surface area contributed by atoms with Crippen molar-refractivity contribution in [2.24, 2.45) is 0 Å². The van der Waals surface area contributed by atoms with Crippen LogP contribution in [-0.4, -0.2) is 18.7 Å². The summed E-state index contributed by atoms with van der Waals surface area (Å²) in [7, 11) is 0. The predicted octanol–water partition coefficient (Wildman–Crippen LogP) is 3.11. The Bertz CT molecular complexity index is 1420. The number of halogens is 1. The first kappa shape index (κ1) is 19.4. The van der Waals surface area contributed by atoms with E-state index in [9.17, 15) is 9.59 Å². The van der Waals surface area contributed by atoms with Crippen molar-refractivity contribution in [1.29, 1.82) is 5.26 Å². The number of hydrogen-bond acceptors (Lipinski definition) is 4. The molecule has 0 radical (unpaired) electrons. The van der Waals surface area contributed by atoms with Crippen molar-refractivity contribution < 1.29 is 0 Å². The largest absolute Gasteiger partial charge is 0.337 e. The molecule has 2 heterocycles. The molecule has 0 aliphatic carbocycles. The van der Waals surface area contributed by atoms with Gasteiger partial charge >= 0.3 is 5.69 Å². The van der Waals surface area contributed by atoms with Gasteiger partial charge in [0.05, 0.1) is 28.7 Å². The lowest BCUT2D eigenvalue weighted by Crippen LogP contribution is -2.39. The molecule has 4 aromatic rings. The van der Waals surface area contributed by atoms with Crippen LogP contribution in [0, 0.1) is 11.3 Å². The summed E-state index contributed by atoms with van der Waals surface area (Å²) in [5.74, 6) is 0. The summed E-state index contributed by atoms with van der Waals surface area (Å²) < 4.78 is 4.14. The SMILES string of the molecule is C=CCn1c(=O)c2c(ncn2Cc2ccc(C#N)cc2)n(-c2ccccc2Cl)c1=O. The number of allylic oxidation sites excluding steroid dienone is 1. The van der Waals surface area contributed by atoms with Gasteiger partial charge in [-0.15, -0.1) is 6.58 Å². The van der Waals surface area contributed by atoms with Gasteiger partial charge in [0, 0.05) is 13.1 Å². The Balaban J connectivity index is 1.98. The van der Waals surface area contributed by atoms with Gasteiger partial charge in [-0.2, -0.15) is 5.26 Å². The van der Waals surface area contributed by atoms with E-state index in [4.69, 9.17) is 16.9 Å². The lowest BCUT2D eigenvalue weighted by atomic mass is 10.1. The van der Waals surface area contributed by atoms with E-state index in [0.717, 1.165) is 10.1 Å². The van der Waals surface area contributed by atoms with E-state index in [1.54, 1.807) is 41.0 Å². The highest BCUT2D eigenvalue weighted by Crippen LogP contribution is 2.21. The molecule has 7 nitrogen and oxygen atoms in total. The fraction of sp³-hybridized carbons (Fsp3) is 0.0909. The van der Waals surface area contributed by atoms with Gasteiger partial charge in [0.1, 0.15) is 0 Å². The summed E-state index contributed by atoms with van der Waals surface area (Å²) in [5.41, 5.74) is 1.39. The van der Waals surface area contributed by atoms with Crippen LogP contribution in [0.25, 0.3) is 16.9 Å². The van der Waals surface area contributed by atoms with E-state index in [2.05, 4.69) is 17.6 Å². The van der Waals surface area contributed by atoms with Crippen LogP contribution in [0.1, 0.15) is 11.1 Å². The topological polar surface area (TPSA) is 85.6 Å². The molecule has 0 aliphatic heterocycles. The second kappa shape index (κ2) is 7.85. The molecule has 0 N–H and O–H groups in total. The standard InChI is InChI=1S/C22H16ClN5O2/c1-2-11-27-21(29)19-20(28(22(27)30)18-6-4-3-5-17(18)23)25-14-26(19)13-16-9-7-15(12-24)8-10-16/h2-10,14H,1,11,13H2. The summed E-state index contributed by atoms with van der Waals surface area (Å²) >= 11 is 6.34. The maximum Gasteiger partial charge on any atom is 0.337 e. The molecule has 4 rings (SSSR count). The molecule has 0 spiro atoms. The number of nitriles is 1. The molecule has 2 aromatic carbocycles. The Kier molecular flexibility index (Phi) is 5.09. The van der Waals surface area contributed by atoms with Crippen molar-refractivity contribution in [1.82, 2.24) is 18.7 Å². The number of aromatic nitrogens is 4. The van der Waals surface area contributed by atoms with Gasteiger partial charge in [0.25, 0.3) is 5.56 Å². The quantitative estimate of drug-likeness (QED) is 0.467. The lowest BCUT2D eigenvalue weighted by Gasteiger charge is -2.13. The molecular formula is C22H16ClN5O2. The maximum atomic E-state index is 13.1. The zero-order valence-electron chi connectivity index (χ0n) is 15.8. The van der Waals surface area contributed by atoms with Gasteiger partial charge in [0.2, 0.25) is 0 Å².